The molecule has 1 aliphatic rings. The highest BCUT2D eigenvalue weighted by Crippen LogP contribution is 2.42. The fourth-order valence-corrected chi connectivity index (χ4v) is 3.60. The summed E-state index contributed by atoms with van der Waals surface area (Å²) in [6.07, 6.45) is 1.46. The Labute approximate surface area is 213 Å². The number of carbonyl (C=O) groups excluding carboxylic acids is 3. The maximum absolute atomic E-state index is 12.6. The first-order valence-corrected chi connectivity index (χ1v) is 10.9. The molecular weight excluding hydrogens is 496 g/mol. The van der Waals surface area contributed by atoms with E-state index in [-0.39, 0.29) is 32.2 Å². The first kappa shape index (κ1) is 23.8. The number of ether oxygens (including phenoxy) is 4. The monoisotopic (exact) mass is 520 g/mol. The summed E-state index contributed by atoms with van der Waals surface area (Å²) in [5, 5.41) is 0.389. The van der Waals surface area contributed by atoms with Gasteiger partial charge in [-0.05, 0) is 24.3 Å². The van der Waals surface area contributed by atoms with Crippen molar-refractivity contribution in [3.05, 3.63) is 68.0 Å². The Morgan fingerprint density at radius 1 is 1.19 bits per heavy atom. The van der Waals surface area contributed by atoms with Crippen molar-refractivity contribution in [1.29, 1.82) is 0 Å². The van der Waals surface area contributed by atoms with Gasteiger partial charge in [-0.1, -0.05) is 31.3 Å². The molecule has 12 heteroatoms. The number of hydrogen-bond donors (Lipinski definition) is 1. The first-order valence-electron chi connectivity index (χ1n) is 11.9. The third kappa shape index (κ3) is 5.50. The SMILES string of the molecule is [2H]CCC(=O)O[C@H]1C(n2ccc(=O)[nH]c2=O)O[C@H](COC(=O)c2ccc(Cl)cc2)[C@@]1(C#C)OC(=O)CC[2H]. The van der Waals surface area contributed by atoms with E-state index < -0.39 is 59.8 Å². The zero-order valence-electron chi connectivity index (χ0n) is 20.8. The van der Waals surface area contributed by atoms with E-state index in [1.165, 1.54) is 24.3 Å². The summed E-state index contributed by atoms with van der Waals surface area (Å²) >= 11 is 5.84. The van der Waals surface area contributed by atoms with Gasteiger partial charge >= 0.3 is 23.6 Å². The Kier molecular flexibility index (Phi) is 7.44. The standard InChI is InChI=1S/C24H23ClN2O9/c1-4-18(29)35-20-21(27-12-11-17(28)26-23(27)32)34-16(24(20,6-3)36-19(30)5-2)13-33-22(31)14-7-9-15(25)10-8-14/h3,7-12,16,20-21H,4-5,13H2,1-2H3,(H,26,28,32)/t16-,20+,21?,24-/m1/s1/i1D,2D. The summed E-state index contributed by atoms with van der Waals surface area (Å²) in [7, 11) is 0. The van der Waals surface area contributed by atoms with Crippen LogP contribution in [-0.4, -0.2) is 51.9 Å². The highest BCUT2D eigenvalue weighted by molar-refractivity contribution is 6.30. The van der Waals surface area contributed by atoms with Crippen LogP contribution in [-0.2, 0) is 28.5 Å². The summed E-state index contributed by atoms with van der Waals surface area (Å²) in [4.78, 5) is 63.8. The van der Waals surface area contributed by atoms with E-state index in [9.17, 15) is 24.0 Å². The molecule has 11 nitrogen and oxygen atoms in total. The van der Waals surface area contributed by atoms with Gasteiger partial charge in [0.05, 0.1) is 5.56 Å². The summed E-state index contributed by atoms with van der Waals surface area (Å²) in [6, 6.07) is 6.77. The van der Waals surface area contributed by atoms with Gasteiger partial charge in [0.2, 0.25) is 11.7 Å². The van der Waals surface area contributed by atoms with Crippen LogP contribution in [0.2, 0.25) is 5.02 Å². The zero-order valence-corrected chi connectivity index (χ0v) is 19.6. The molecule has 0 radical (unpaired) electrons. The van der Waals surface area contributed by atoms with Crippen LogP contribution < -0.4 is 11.2 Å². The summed E-state index contributed by atoms with van der Waals surface area (Å²) in [6.45, 7) is -1.29. The third-order valence-electron chi connectivity index (χ3n) is 5.21. The largest absolute Gasteiger partial charge is 0.459 e. The van der Waals surface area contributed by atoms with E-state index in [1.54, 1.807) is 0 Å². The molecule has 0 bridgehead atoms. The number of aromatic nitrogens is 2. The average molecular weight is 521 g/mol. The second-order valence-electron chi connectivity index (χ2n) is 7.46. The van der Waals surface area contributed by atoms with Gasteiger partial charge < -0.3 is 18.9 Å². The summed E-state index contributed by atoms with van der Waals surface area (Å²) < 4.78 is 37.7. The number of benzene rings is 1. The van der Waals surface area contributed by atoms with Crippen molar-refractivity contribution in [2.75, 3.05) is 6.61 Å². The number of H-pyrrole nitrogens is 1. The Hall–Kier alpha value is -3.88. The van der Waals surface area contributed by atoms with Gasteiger partial charge in [0.25, 0.3) is 5.56 Å². The molecule has 4 atom stereocenters. The Morgan fingerprint density at radius 2 is 1.89 bits per heavy atom. The number of nitrogens with one attached hydrogen (secondary N) is 1. The van der Waals surface area contributed by atoms with Crippen LogP contribution in [0, 0.1) is 12.3 Å². The molecule has 0 spiro atoms. The molecular formula is C24H23ClN2O9. The van der Waals surface area contributed by atoms with E-state index in [0.717, 1.165) is 16.8 Å². The van der Waals surface area contributed by atoms with Crippen LogP contribution in [0.15, 0.2) is 46.1 Å². The number of halogens is 1. The van der Waals surface area contributed by atoms with Gasteiger partial charge in [0.15, 0.2) is 6.23 Å². The molecule has 1 saturated heterocycles. The van der Waals surface area contributed by atoms with Gasteiger partial charge in [-0.3, -0.25) is 23.9 Å². The van der Waals surface area contributed by atoms with E-state index in [1.807, 2.05) is 4.98 Å². The van der Waals surface area contributed by atoms with Crippen LogP contribution in [0.3, 0.4) is 0 Å². The molecule has 0 saturated carbocycles. The number of carbonyl (C=O) groups is 3. The normalized spacial score (nSPS) is 23.6. The van der Waals surface area contributed by atoms with Crippen LogP contribution in [0.4, 0.5) is 0 Å². The Balaban J connectivity index is 2.04. The molecule has 1 aromatic heterocycles. The van der Waals surface area contributed by atoms with Crippen molar-refractivity contribution in [2.24, 2.45) is 0 Å². The number of nitrogens with zero attached hydrogens (tertiary/aromatic N) is 1. The second kappa shape index (κ2) is 11.2. The number of terminal acetylenes is 1. The molecule has 2 heterocycles. The molecule has 2 aromatic rings. The molecule has 36 heavy (non-hydrogen) atoms. The summed E-state index contributed by atoms with van der Waals surface area (Å²) in [5.74, 6) is -0.387. The number of rotatable bonds is 8. The lowest BCUT2D eigenvalue weighted by Crippen LogP contribution is -2.53. The fraction of sp³-hybridized carbons (Fsp3) is 0.375. The highest BCUT2D eigenvalue weighted by atomic mass is 35.5. The van der Waals surface area contributed by atoms with E-state index >= 15 is 0 Å². The molecule has 1 aliphatic heterocycles. The van der Waals surface area contributed by atoms with E-state index in [4.69, 9.17) is 39.7 Å². The van der Waals surface area contributed by atoms with E-state index in [0.29, 0.717) is 5.02 Å². The fourth-order valence-electron chi connectivity index (χ4n) is 3.47. The van der Waals surface area contributed by atoms with Crippen LogP contribution >= 0.6 is 11.6 Å². The quantitative estimate of drug-likeness (QED) is 0.312. The van der Waals surface area contributed by atoms with Crippen molar-refractivity contribution < 1.29 is 36.1 Å². The van der Waals surface area contributed by atoms with Gasteiger partial charge in [0, 0.05) is 32.9 Å². The van der Waals surface area contributed by atoms with E-state index in [2.05, 4.69) is 5.92 Å². The maximum atomic E-state index is 12.6. The van der Waals surface area contributed by atoms with Gasteiger partial charge in [-0.25, -0.2) is 9.59 Å². The molecule has 190 valence electrons. The number of aromatic amines is 1. The lowest BCUT2D eigenvalue weighted by molar-refractivity contribution is -0.177. The van der Waals surface area contributed by atoms with Gasteiger partial charge in [0.1, 0.15) is 12.7 Å². The lowest BCUT2D eigenvalue weighted by atomic mass is 9.92. The average Bonchev–Trinajstić information content (AvgIpc) is 3.15. The zero-order chi connectivity index (χ0) is 27.9. The van der Waals surface area contributed by atoms with Gasteiger partial charge in [-0.15, -0.1) is 6.42 Å². The number of esters is 3. The molecule has 1 aromatic carbocycles. The Morgan fingerprint density at radius 3 is 2.53 bits per heavy atom. The minimum Gasteiger partial charge on any atom is -0.459 e. The minimum absolute atomic E-state index is 0.136. The van der Waals surface area contributed by atoms with Crippen molar-refractivity contribution >= 4 is 29.5 Å². The lowest BCUT2D eigenvalue weighted by Gasteiger charge is -2.32. The topological polar surface area (TPSA) is 143 Å². The number of hydrogen-bond acceptors (Lipinski definition) is 9. The predicted octanol–water partition coefficient (Wildman–Crippen LogP) is 1.59. The molecule has 3 rings (SSSR count). The van der Waals surface area contributed by atoms with Crippen molar-refractivity contribution in [2.45, 2.75) is 50.7 Å². The smallest absolute Gasteiger partial charge is 0.338 e. The minimum atomic E-state index is -2.22. The molecule has 1 fully saturated rings. The summed E-state index contributed by atoms with van der Waals surface area (Å²) in [5.41, 5.74) is -3.75. The molecule has 0 aliphatic carbocycles. The van der Waals surface area contributed by atoms with Crippen LogP contribution in [0.25, 0.3) is 0 Å². The Bertz CT molecular complexity index is 1340. The van der Waals surface area contributed by atoms with Crippen molar-refractivity contribution in [3.63, 3.8) is 0 Å². The molecule has 1 N–H and O–H groups in total. The van der Waals surface area contributed by atoms with Crippen molar-refractivity contribution in [1.82, 2.24) is 9.55 Å². The van der Waals surface area contributed by atoms with Crippen LogP contribution in [0.1, 0.15) is 46.0 Å². The van der Waals surface area contributed by atoms with Crippen molar-refractivity contribution in [3.8, 4) is 12.3 Å². The molecule has 0 amide bonds. The van der Waals surface area contributed by atoms with Crippen LogP contribution in [0.5, 0.6) is 0 Å². The second-order valence-corrected chi connectivity index (χ2v) is 7.90. The first-order chi connectivity index (χ1) is 18.1. The third-order valence-corrected chi connectivity index (χ3v) is 5.46. The maximum Gasteiger partial charge on any atom is 0.338 e. The predicted molar refractivity (Wildman–Crippen MR) is 125 cm³/mol. The molecule has 1 unspecified atom stereocenters. The highest BCUT2D eigenvalue weighted by Gasteiger charge is 2.62. The van der Waals surface area contributed by atoms with Gasteiger partial charge in [-0.2, -0.15) is 0 Å².